The van der Waals surface area contributed by atoms with Crippen LogP contribution in [0.1, 0.15) is 56.3 Å². The van der Waals surface area contributed by atoms with Gasteiger partial charge in [-0.15, -0.1) is 12.4 Å². The van der Waals surface area contributed by atoms with E-state index in [0.29, 0.717) is 17.6 Å². The second-order valence-corrected chi connectivity index (χ2v) is 7.52. The molecule has 1 aromatic carbocycles. The molecule has 2 saturated heterocycles. The first-order valence-corrected chi connectivity index (χ1v) is 9.49. The fourth-order valence-corrected chi connectivity index (χ4v) is 3.98. The van der Waals surface area contributed by atoms with Gasteiger partial charge in [-0.3, -0.25) is 9.59 Å². The topological polar surface area (TPSA) is 70.2 Å². The van der Waals surface area contributed by atoms with E-state index in [1.165, 1.54) is 12.8 Å². The lowest BCUT2D eigenvalue weighted by molar-refractivity contribution is -0.125. The van der Waals surface area contributed by atoms with Crippen molar-refractivity contribution < 1.29 is 9.59 Å². The summed E-state index contributed by atoms with van der Waals surface area (Å²) in [6, 6.07) is 9.86. The second kappa shape index (κ2) is 9.38. The van der Waals surface area contributed by atoms with Gasteiger partial charge in [-0.1, -0.05) is 38.5 Å². The van der Waals surface area contributed by atoms with Crippen molar-refractivity contribution in [1.29, 1.82) is 0 Å². The summed E-state index contributed by atoms with van der Waals surface area (Å²) < 4.78 is 0. The Morgan fingerprint density at radius 2 is 1.77 bits per heavy atom. The number of halogens is 1. The van der Waals surface area contributed by atoms with Crippen LogP contribution in [-0.2, 0) is 4.79 Å². The van der Waals surface area contributed by atoms with Crippen molar-refractivity contribution in [2.24, 2.45) is 5.92 Å². The SMILES string of the molecule is CCC(C)C(NC(=O)c1ccccc1)C(=O)NC1CC2CCC(C1)N2.Cl. The summed E-state index contributed by atoms with van der Waals surface area (Å²) in [5, 5.41) is 9.73. The summed E-state index contributed by atoms with van der Waals surface area (Å²) in [5.41, 5.74) is 0.587. The fraction of sp³-hybridized carbons (Fsp3) is 0.600. The smallest absolute Gasteiger partial charge is 0.251 e. The average Bonchev–Trinajstić information content (AvgIpc) is 2.97. The Morgan fingerprint density at radius 3 is 2.35 bits per heavy atom. The third kappa shape index (κ3) is 4.98. The summed E-state index contributed by atoms with van der Waals surface area (Å²) in [7, 11) is 0. The molecule has 6 heteroatoms. The number of hydrogen-bond donors (Lipinski definition) is 3. The first kappa shape index (κ1) is 20.7. The quantitative estimate of drug-likeness (QED) is 0.711. The maximum absolute atomic E-state index is 12.9. The molecule has 0 aromatic heterocycles. The maximum Gasteiger partial charge on any atom is 0.251 e. The Bertz CT molecular complexity index is 598. The van der Waals surface area contributed by atoms with Crippen LogP contribution in [0.3, 0.4) is 0 Å². The van der Waals surface area contributed by atoms with E-state index in [4.69, 9.17) is 0 Å². The summed E-state index contributed by atoms with van der Waals surface area (Å²) >= 11 is 0. The maximum atomic E-state index is 12.9. The van der Waals surface area contributed by atoms with Crippen LogP contribution >= 0.6 is 12.4 Å². The van der Waals surface area contributed by atoms with E-state index >= 15 is 0 Å². The molecule has 2 fully saturated rings. The van der Waals surface area contributed by atoms with Crippen LogP contribution in [0.4, 0.5) is 0 Å². The predicted octanol–water partition coefficient (Wildman–Crippen LogP) is 2.65. The first-order valence-electron chi connectivity index (χ1n) is 9.49. The third-order valence-corrected chi connectivity index (χ3v) is 5.64. The summed E-state index contributed by atoms with van der Waals surface area (Å²) in [4.78, 5) is 25.4. The van der Waals surface area contributed by atoms with Crippen LogP contribution < -0.4 is 16.0 Å². The van der Waals surface area contributed by atoms with Crippen molar-refractivity contribution in [3.8, 4) is 0 Å². The zero-order chi connectivity index (χ0) is 17.8. The number of rotatable bonds is 6. The lowest BCUT2D eigenvalue weighted by Crippen LogP contribution is -2.55. The molecule has 1 aromatic rings. The standard InChI is InChI=1S/C20H29N3O2.ClH/c1-3-13(2)18(23-19(24)14-7-5-4-6-8-14)20(25)22-17-11-15-9-10-16(12-17)21-15;/h4-8,13,15-18,21H,3,9-12H2,1-2H3,(H,22,25)(H,23,24);1H. The van der Waals surface area contributed by atoms with E-state index < -0.39 is 6.04 Å². The molecule has 2 amide bonds. The first-order chi connectivity index (χ1) is 12.1. The van der Waals surface area contributed by atoms with Crippen LogP contribution in [0.5, 0.6) is 0 Å². The van der Waals surface area contributed by atoms with Crippen molar-refractivity contribution in [2.45, 2.75) is 70.1 Å². The second-order valence-electron chi connectivity index (χ2n) is 7.52. The fourth-order valence-electron chi connectivity index (χ4n) is 3.98. The predicted molar refractivity (Wildman–Crippen MR) is 106 cm³/mol. The minimum Gasteiger partial charge on any atom is -0.351 e. The van der Waals surface area contributed by atoms with Gasteiger partial charge in [0, 0.05) is 23.7 Å². The van der Waals surface area contributed by atoms with Crippen molar-refractivity contribution in [3.05, 3.63) is 35.9 Å². The van der Waals surface area contributed by atoms with E-state index in [0.717, 1.165) is 19.3 Å². The molecule has 144 valence electrons. The number of carbonyl (C=O) groups is 2. The van der Waals surface area contributed by atoms with E-state index in [9.17, 15) is 9.59 Å². The Hall–Kier alpha value is -1.59. The molecule has 0 spiro atoms. The third-order valence-electron chi connectivity index (χ3n) is 5.64. The van der Waals surface area contributed by atoms with Crippen molar-refractivity contribution in [2.75, 3.05) is 0 Å². The largest absolute Gasteiger partial charge is 0.351 e. The molecule has 3 N–H and O–H groups in total. The molecule has 0 aliphatic carbocycles. The molecule has 2 aliphatic rings. The molecular weight excluding hydrogens is 350 g/mol. The van der Waals surface area contributed by atoms with Crippen molar-refractivity contribution >= 4 is 24.2 Å². The minimum atomic E-state index is -0.495. The van der Waals surface area contributed by atoms with Gasteiger partial charge in [0.2, 0.25) is 5.91 Å². The molecule has 2 heterocycles. The molecule has 0 saturated carbocycles. The monoisotopic (exact) mass is 379 g/mol. The number of piperidine rings is 1. The van der Waals surface area contributed by atoms with Gasteiger partial charge in [-0.25, -0.2) is 0 Å². The molecule has 3 rings (SSSR count). The van der Waals surface area contributed by atoms with Crippen LogP contribution in [0.25, 0.3) is 0 Å². The molecule has 2 aliphatic heterocycles. The zero-order valence-electron chi connectivity index (χ0n) is 15.5. The molecule has 4 unspecified atom stereocenters. The molecule has 2 bridgehead atoms. The van der Waals surface area contributed by atoms with Gasteiger partial charge in [0.05, 0.1) is 0 Å². The van der Waals surface area contributed by atoms with Crippen LogP contribution in [0.15, 0.2) is 30.3 Å². The highest BCUT2D eigenvalue weighted by atomic mass is 35.5. The summed E-state index contributed by atoms with van der Waals surface area (Å²) in [6.45, 7) is 4.06. The van der Waals surface area contributed by atoms with Crippen molar-refractivity contribution in [1.82, 2.24) is 16.0 Å². The molecular formula is C20H30ClN3O2. The number of hydrogen-bond acceptors (Lipinski definition) is 3. The normalized spacial score (nSPS) is 26.3. The van der Waals surface area contributed by atoms with Gasteiger partial charge in [-0.2, -0.15) is 0 Å². The van der Waals surface area contributed by atoms with Crippen molar-refractivity contribution in [3.63, 3.8) is 0 Å². The van der Waals surface area contributed by atoms with Gasteiger partial charge in [-0.05, 0) is 43.7 Å². The highest BCUT2D eigenvalue weighted by Gasteiger charge is 2.35. The number of amides is 2. The number of fused-ring (bicyclic) bond motifs is 2. The lowest BCUT2D eigenvalue weighted by Gasteiger charge is -2.32. The Morgan fingerprint density at radius 1 is 1.15 bits per heavy atom. The lowest BCUT2D eigenvalue weighted by atomic mass is 9.95. The Kier molecular flexibility index (Phi) is 7.47. The van der Waals surface area contributed by atoms with E-state index in [1.807, 2.05) is 32.0 Å². The molecule has 4 atom stereocenters. The van der Waals surface area contributed by atoms with Gasteiger partial charge < -0.3 is 16.0 Å². The van der Waals surface area contributed by atoms with Gasteiger partial charge in [0.1, 0.15) is 6.04 Å². The highest BCUT2D eigenvalue weighted by molar-refractivity contribution is 5.97. The Balaban J connectivity index is 0.00000243. The molecule has 0 radical (unpaired) electrons. The average molecular weight is 380 g/mol. The molecule has 26 heavy (non-hydrogen) atoms. The van der Waals surface area contributed by atoms with Crippen LogP contribution in [0, 0.1) is 5.92 Å². The van der Waals surface area contributed by atoms with E-state index in [1.54, 1.807) is 12.1 Å². The highest BCUT2D eigenvalue weighted by Crippen LogP contribution is 2.27. The zero-order valence-corrected chi connectivity index (χ0v) is 16.4. The van der Waals surface area contributed by atoms with E-state index in [2.05, 4.69) is 16.0 Å². The van der Waals surface area contributed by atoms with Gasteiger partial charge in [0.15, 0.2) is 0 Å². The molecule has 5 nitrogen and oxygen atoms in total. The minimum absolute atomic E-state index is 0. The summed E-state index contributed by atoms with van der Waals surface area (Å²) in [6.07, 6.45) is 5.22. The number of benzene rings is 1. The van der Waals surface area contributed by atoms with Crippen LogP contribution in [-0.4, -0.2) is 36.0 Å². The Labute approximate surface area is 162 Å². The summed E-state index contributed by atoms with van der Waals surface area (Å²) in [5.74, 6) is -0.150. The van der Waals surface area contributed by atoms with Gasteiger partial charge >= 0.3 is 0 Å². The number of carbonyl (C=O) groups excluding carboxylic acids is 2. The van der Waals surface area contributed by atoms with Crippen LogP contribution in [0.2, 0.25) is 0 Å². The number of nitrogens with one attached hydrogen (secondary N) is 3. The van der Waals surface area contributed by atoms with E-state index in [-0.39, 0.29) is 36.2 Å². The van der Waals surface area contributed by atoms with Gasteiger partial charge in [0.25, 0.3) is 5.91 Å².